The molecule has 0 saturated heterocycles. The van der Waals surface area contributed by atoms with E-state index >= 15 is 0 Å². The molecular weight excluding hydrogens is 460 g/mol. The van der Waals surface area contributed by atoms with Crippen LogP contribution in [0.2, 0.25) is 5.02 Å². The average molecular weight is 493 g/mol. The number of ether oxygens (including phenoxy) is 1. The first kappa shape index (κ1) is 26.3. The molecule has 3 rings (SSSR count). The summed E-state index contributed by atoms with van der Waals surface area (Å²) in [6.45, 7) is 6.59. The van der Waals surface area contributed by atoms with E-state index < -0.39 is 6.04 Å². The number of amides is 2. The molecule has 0 fully saturated rings. The van der Waals surface area contributed by atoms with Gasteiger partial charge in [0.25, 0.3) is 5.91 Å². The summed E-state index contributed by atoms with van der Waals surface area (Å²) in [6, 6.07) is 22.2. The van der Waals surface area contributed by atoms with E-state index in [1.165, 1.54) is 0 Å². The zero-order chi connectivity index (χ0) is 25.2. The molecule has 6 heteroatoms. The van der Waals surface area contributed by atoms with Gasteiger partial charge in [-0.15, -0.1) is 0 Å². The maximum absolute atomic E-state index is 13.6. The molecule has 1 unspecified atom stereocenters. The molecule has 1 N–H and O–H groups in total. The molecule has 0 spiro atoms. The number of rotatable bonds is 11. The molecule has 0 aliphatic rings. The molecule has 35 heavy (non-hydrogen) atoms. The van der Waals surface area contributed by atoms with Crippen molar-refractivity contribution in [2.45, 2.75) is 46.2 Å². The van der Waals surface area contributed by atoms with Gasteiger partial charge in [0.2, 0.25) is 5.91 Å². The Bertz CT molecular complexity index is 1130. The van der Waals surface area contributed by atoms with Gasteiger partial charge in [-0.3, -0.25) is 9.59 Å². The summed E-state index contributed by atoms with van der Waals surface area (Å²) in [5.41, 5.74) is 3.90. The van der Waals surface area contributed by atoms with Crippen LogP contribution in [0.5, 0.6) is 5.75 Å². The third-order valence-corrected chi connectivity index (χ3v) is 6.20. The molecule has 0 radical (unpaired) electrons. The van der Waals surface area contributed by atoms with Gasteiger partial charge in [0.1, 0.15) is 11.8 Å². The SMILES string of the molecule is CCCNC(=O)C(Cc1ccccc1)N(Cc1cccc(Cl)c1)C(=O)COc1cccc(C)c1C. The zero-order valence-corrected chi connectivity index (χ0v) is 21.3. The number of nitrogens with zero attached hydrogens (tertiary/aromatic N) is 1. The number of aryl methyl sites for hydroxylation is 1. The van der Waals surface area contributed by atoms with Crippen LogP contribution in [0.4, 0.5) is 0 Å². The molecule has 0 saturated carbocycles. The van der Waals surface area contributed by atoms with Crippen molar-refractivity contribution in [3.63, 3.8) is 0 Å². The Morgan fingerprint density at radius 3 is 2.40 bits per heavy atom. The van der Waals surface area contributed by atoms with Crippen LogP contribution < -0.4 is 10.1 Å². The molecular formula is C29H33ClN2O3. The van der Waals surface area contributed by atoms with Crippen molar-refractivity contribution < 1.29 is 14.3 Å². The van der Waals surface area contributed by atoms with Crippen LogP contribution in [0.3, 0.4) is 0 Å². The van der Waals surface area contributed by atoms with Crippen molar-refractivity contribution in [1.29, 1.82) is 0 Å². The Balaban J connectivity index is 1.91. The Morgan fingerprint density at radius 2 is 1.69 bits per heavy atom. The number of halogens is 1. The lowest BCUT2D eigenvalue weighted by Crippen LogP contribution is -2.51. The number of benzene rings is 3. The second-order valence-electron chi connectivity index (χ2n) is 8.63. The van der Waals surface area contributed by atoms with E-state index in [1.54, 1.807) is 11.0 Å². The second kappa shape index (κ2) is 13.0. The van der Waals surface area contributed by atoms with Crippen LogP contribution in [0.25, 0.3) is 0 Å². The number of carbonyl (C=O) groups excluding carboxylic acids is 2. The fraction of sp³-hybridized carbons (Fsp3) is 0.310. The molecule has 0 heterocycles. The lowest BCUT2D eigenvalue weighted by atomic mass is 10.0. The van der Waals surface area contributed by atoms with Crippen molar-refractivity contribution in [2.75, 3.05) is 13.2 Å². The zero-order valence-electron chi connectivity index (χ0n) is 20.6. The van der Waals surface area contributed by atoms with E-state index in [1.807, 2.05) is 87.5 Å². The topological polar surface area (TPSA) is 58.6 Å². The van der Waals surface area contributed by atoms with E-state index in [0.717, 1.165) is 28.7 Å². The van der Waals surface area contributed by atoms with Crippen molar-refractivity contribution in [1.82, 2.24) is 10.2 Å². The molecule has 2 amide bonds. The highest BCUT2D eigenvalue weighted by Crippen LogP contribution is 2.22. The summed E-state index contributed by atoms with van der Waals surface area (Å²) in [4.78, 5) is 28.5. The van der Waals surface area contributed by atoms with Gasteiger partial charge in [-0.05, 0) is 60.7 Å². The number of nitrogens with one attached hydrogen (secondary N) is 1. The Labute approximate surface area is 213 Å². The summed E-state index contributed by atoms with van der Waals surface area (Å²) in [6.07, 6.45) is 1.20. The minimum Gasteiger partial charge on any atom is -0.483 e. The standard InChI is InChI=1S/C29H33ClN2O3/c1-4-16-31-29(34)26(18-23-11-6-5-7-12-23)32(19-24-13-9-14-25(30)17-24)28(33)20-35-27-15-8-10-21(2)22(27)3/h5-15,17,26H,4,16,18-20H2,1-3H3,(H,31,34). The summed E-state index contributed by atoms with van der Waals surface area (Å²) in [5.74, 6) is 0.215. The van der Waals surface area contributed by atoms with E-state index in [9.17, 15) is 9.59 Å². The molecule has 0 bridgehead atoms. The molecule has 5 nitrogen and oxygen atoms in total. The first-order chi connectivity index (χ1) is 16.9. The van der Waals surface area contributed by atoms with Gasteiger partial charge in [0.05, 0.1) is 0 Å². The van der Waals surface area contributed by atoms with E-state index in [0.29, 0.717) is 23.7 Å². The molecule has 0 aliphatic heterocycles. The molecule has 0 aliphatic carbocycles. The molecule has 3 aromatic rings. The number of carbonyl (C=O) groups is 2. The summed E-state index contributed by atoms with van der Waals surface area (Å²) in [7, 11) is 0. The van der Waals surface area contributed by atoms with Crippen LogP contribution >= 0.6 is 11.6 Å². The van der Waals surface area contributed by atoms with Crippen molar-refractivity contribution in [3.05, 3.63) is 100 Å². The van der Waals surface area contributed by atoms with Crippen molar-refractivity contribution in [3.8, 4) is 5.75 Å². The van der Waals surface area contributed by atoms with Crippen LogP contribution in [-0.2, 0) is 22.6 Å². The molecule has 1 atom stereocenters. The smallest absolute Gasteiger partial charge is 0.261 e. The maximum Gasteiger partial charge on any atom is 0.261 e. The Hall–Kier alpha value is -3.31. The largest absolute Gasteiger partial charge is 0.483 e. The van der Waals surface area contributed by atoms with E-state index in [-0.39, 0.29) is 25.0 Å². The lowest BCUT2D eigenvalue weighted by Gasteiger charge is -2.31. The minimum atomic E-state index is -0.697. The monoisotopic (exact) mass is 492 g/mol. The van der Waals surface area contributed by atoms with Gasteiger partial charge >= 0.3 is 0 Å². The molecule has 3 aromatic carbocycles. The predicted molar refractivity (Wildman–Crippen MR) is 141 cm³/mol. The van der Waals surface area contributed by atoms with Crippen LogP contribution in [0, 0.1) is 13.8 Å². The van der Waals surface area contributed by atoms with Gasteiger partial charge in [0, 0.05) is 24.5 Å². The quantitative estimate of drug-likeness (QED) is 0.384. The molecule has 184 valence electrons. The van der Waals surface area contributed by atoms with Crippen molar-refractivity contribution in [2.24, 2.45) is 0 Å². The third kappa shape index (κ3) is 7.59. The predicted octanol–water partition coefficient (Wildman–Crippen LogP) is 5.50. The lowest BCUT2D eigenvalue weighted by molar-refractivity contribution is -0.142. The summed E-state index contributed by atoms with van der Waals surface area (Å²) in [5, 5.41) is 3.56. The van der Waals surface area contributed by atoms with Crippen molar-refractivity contribution >= 4 is 23.4 Å². The van der Waals surface area contributed by atoms with Gasteiger partial charge < -0.3 is 15.0 Å². The minimum absolute atomic E-state index is 0.169. The van der Waals surface area contributed by atoms with Gasteiger partial charge in [0.15, 0.2) is 6.61 Å². The maximum atomic E-state index is 13.6. The number of hydrogen-bond donors (Lipinski definition) is 1. The third-order valence-electron chi connectivity index (χ3n) is 5.97. The van der Waals surface area contributed by atoms with E-state index in [4.69, 9.17) is 16.3 Å². The van der Waals surface area contributed by atoms with Gasteiger partial charge in [-0.25, -0.2) is 0 Å². The van der Waals surface area contributed by atoms with Crippen LogP contribution in [0.1, 0.15) is 35.6 Å². The van der Waals surface area contributed by atoms with Gasteiger partial charge in [-0.1, -0.05) is 73.1 Å². The fourth-order valence-corrected chi connectivity index (χ4v) is 4.07. The summed E-state index contributed by atoms with van der Waals surface area (Å²) < 4.78 is 5.93. The average Bonchev–Trinajstić information content (AvgIpc) is 2.86. The summed E-state index contributed by atoms with van der Waals surface area (Å²) >= 11 is 6.21. The highest BCUT2D eigenvalue weighted by Gasteiger charge is 2.30. The first-order valence-electron chi connectivity index (χ1n) is 11.9. The Morgan fingerprint density at radius 1 is 0.971 bits per heavy atom. The van der Waals surface area contributed by atoms with Crippen LogP contribution in [-0.4, -0.2) is 35.9 Å². The normalized spacial score (nSPS) is 11.5. The highest BCUT2D eigenvalue weighted by atomic mass is 35.5. The Kier molecular flexibility index (Phi) is 9.74. The second-order valence-corrected chi connectivity index (χ2v) is 9.07. The van der Waals surface area contributed by atoms with Gasteiger partial charge in [-0.2, -0.15) is 0 Å². The van der Waals surface area contributed by atoms with Crippen LogP contribution in [0.15, 0.2) is 72.8 Å². The highest BCUT2D eigenvalue weighted by molar-refractivity contribution is 6.30. The fourth-order valence-electron chi connectivity index (χ4n) is 3.85. The number of hydrogen-bond acceptors (Lipinski definition) is 3. The van der Waals surface area contributed by atoms with E-state index in [2.05, 4.69) is 5.32 Å². The first-order valence-corrected chi connectivity index (χ1v) is 12.3. The molecule has 0 aromatic heterocycles.